The Labute approximate surface area is 129 Å². The predicted molar refractivity (Wildman–Crippen MR) is 78.7 cm³/mol. The molecule has 3 N–H and O–H groups in total. The van der Waals surface area contributed by atoms with Crippen LogP contribution in [-0.2, 0) is 5.75 Å². The zero-order chi connectivity index (χ0) is 14.7. The normalized spacial score (nSPS) is 15.5. The van der Waals surface area contributed by atoms with E-state index in [4.69, 9.17) is 5.84 Å². The molecule has 1 amide bonds. The van der Waals surface area contributed by atoms with E-state index in [2.05, 4.69) is 25.9 Å². The molecule has 21 heavy (non-hydrogen) atoms. The highest BCUT2D eigenvalue weighted by Crippen LogP contribution is 2.32. The number of carbonyl (C=O) groups excluding carboxylic acids is 1. The summed E-state index contributed by atoms with van der Waals surface area (Å²) < 4.78 is 1.91. The number of hydrazine groups is 1. The van der Waals surface area contributed by atoms with Gasteiger partial charge in [0.2, 0.25) is 5.16 Å². The molecule has 3 rings (SSSR count). The summed E-state index contributed by atoms with van der Waals surface area (Å²) in [5, 5.41) is 15.0. The lowest BCUT2D eigenvalue weighted by Crippen LogP contribution is -2.29. The van der Waals surface area contributed by atoms with Crippen LogP contribution in [0.15, 0.2) is 10.5 Å². The minimum atomic E-state index is -0.368. The number of amides is 1. The highest BCUT2D eigenvalue weighted by Gasteiger charge is 2.21. The van der Waals surface area contributed by atoms with Gasteiger partial charge in [0.25, 0.3) is 5.91 Å². The number of nitrogens with zero attached hydrogens (tertiary/aromatic N) is 5. The van der Waals surface area contributed by atoms with Gasteiger partial charge < -0.3 is 0 Å². The maximum atomic E-state index is 11.4. The molecule has 0 aromatic carbocycles. The van der Waals surface area contributed by atoms with Gasteiger partial charge in [0.05, 0.1) is 11.7 Å². The Balaban J connectivity index is 1.64. The minimum Gasteiger partial charge on any atom is -0.288 e. The number of carbonyl (C=O) groups is 1. The SMILES string of the molecule is NNC(=O)c1nc(CSc2nnnn2C2CCCC2)cs1. The first-order valence-corrected chi connectivity index (χ1v) is 8.50. The van der Waals surface area contributed by atoms with E-state index in [0.29, 0.717) is 16.8 Å². The molecule has 1 saturated carbocycles. The van der Waals surface area contributed by atoms with Crippen LogP contribution in [0.5, 0.6) is 0 Å². The van der Waals surface area contributed by atoms with E-state index in [9.17, 15) is 4.79 Å². The van der Waals surface area contributed by atoms with Crippen molar-refractivity contribution in [2.24, 2.45) is 5.84 Å². The number of thioether (sulfide) groups is 1. The summed E-state index contributed by atoms with van der Waals surface area (Å²) in [6.07, 6.45) is 4.74. The third kappa shape index (κ3) is 3.22. The molecule has 0 bridgehead atoms. The van der Waals surface area contributed by atoms with Gasteiger partial charge in [0.1, 0.15) is 0 Å². The zero-order valence-electron chi connectivity index (χ0n) is 11.2. The molecule has 2 heterocycles. The van der Waals surface area contributed by atoms with Crippen LogP contribution < -0.4 is 11.3 Å². The Morgan fingerprint density at radius 1 is 1.52 bits per heavy atom. The number of hydrogen-bond donors (Lipinski definition) is 2. The van der Waals surface area contributed by atoms with Gasteiger partial charge in [-0.1, -0.05) is 24.6 Å². The largest absolute Gasteiger partial charge is 0.294 e. The first-order chi connectivity index (χ1) is 10.3. The van der Waals surface area contributed by atoms with E-state index in [1.165, 1.54) is 35.9 Å². The molecule has 2 aromatic heterocycles. The molecular formula is C11H15N7OS2. The molecule has 1 aliphatic carbocycles. The van der Waals surface area contributed by atoms with Crippen LogP contribution in [0.25, 0.3) is 0 Å². The molecule has 0 spiro atoms. The number of rotatable bonds is 5. The van der Waals surface area contributed by atoms with Gasteiger partial charge in [-0.15, -0.1) is 16.4 Å². The molecular weight excluding hydrogens is 310 g/mol. The van der Waals surface area contributed by atoms with E-state index in [0.717, 1.165) is 23.7 Å². The van der Waals surface area contributed by atoms with E-state index in [1.54, 1.807) is 0 Å². The van der Waals surface area contributed by atoms with Crippen LogP contribution in [-0.4, -0.2) is 31.1 Å². The summed E-state index contributed by atoms with van der Waals surface area (Å²) in [6.45, 7) is 0. The molecule has 112 valence electrons. The fourth-order valence-electron chi connectivity index (χ4n) is 2.34. The Kier molecular flexibility index (Phi) is 4.46. The van der Waals surface area contributed by atoms with Gasteiger partial charge in [-0.05, 0) is 23.3 Å². The lowest BCUT2D eigenvalue weighted by molar-refractivity contribution is 0.0953. The van der Waals surface area contributed by atoms with E-state index < -0.39 is 0 Å². The van der Waals surface area contributed by atoms with Crippen LogP contribution in [0, 0.1) is 0 Å². The van der Waals surface area contributed by atoms with Crippen molar-refractivity contribution < 1.29 is 4.79 Å². The van der Waals surface area contributed by atoms with Gasteiger partial charge in [0.15, 0.2) is 5.01 Å². The quantitative estimate of drug-likeness (QED) is 0.367. The van der Waals surface area contributed by atoms with E-state index in [1.807, 2.05) is 10.1 Å². The summed E-state index contributed by atoms with van der Waals surface area (Å²) in [4.78, 5) is 15.6. The summed E-state index contributed by atoms with van der Waals surface area (Å²) in [7, 11) is 0. The minimum absolute atomic E-state index is 0.364. The van der Waals surface area contributed by atoms with Crippen molar-refractivity contribution in [3.05, 3.63) is 16.1 Å². The highest BCUT2D eigenvalue weighted by atomic mass is 32.2. The summed E-state index contributed by atoms with van der Waals surface area (Å²) in [5.74, 6) is 5.34. The second kappa shape index (κ2) is 6.50. The van der Waals surface area contributed by atoms with Gasteiger partial charge >= 0.3 is 0 Å². The Morgan fingerprint density at radius 3 is 3.10 bits per heavy atom. The number of nitrogen functional groups attached to an aromatic ring is 1. The third-order valence-corrected chi connectivity index (χ3v) is 5.22. The number of nitrogens with two attached hydrogens (primary N) is 1. The number of tetrazole rings is 1. The lowest BCUT2D eigenvalue weighted by Gasteiger charge is -2.10. The smallest absolute Gasteiger partial charge is 0.288 e. The molecule has 2 aromatic rings. The topological polar surface area (TPSA) is 112 Å². The van der Waals surface area contributed by atoms with Crippen LogP contribution in [0.4, 0.5) is 0 Å². The fourth-order valence-corrected chi connectivity index (χ4v) is 4.00. The third-order valence-electron chi connectivity index (χ3n) is 3.36. The van der Waals surface area contributed by atoms with Crippen molar-refractivity contribution in [1.29, 1.82) is 0 Å². The summed E-state index contributed by atoms with van der Waals surface area (Å²) >= 11 is 2.81. The average molecular weight is 325 g/mol. The van der Waals surface area contributed by atoms with Crippen LogP contribution in [0.3, 0.4) is 0 Å². The number of aromatic nitrogens is 5. The maximum Gasteiger partial charge on any atom is 0.294 e. The molecule has 0 aliphatic heterocycles. The Morgan fingerprint density at radius 2 is 2.33 bits per heavy atom. The molecule has 0 atom stereocenters. The number of hydrogen-bond acceptors (Lipinski definition) is 8. The molecule has 10 heteroatoms. The first kappa shape index (κ1) is 14.4. The Bertz CT molecular complexity index is 620. The van der Waals surface area contributed by atoms with Gasteiger partial charge in [0, 0.05) is 11.1 Å². The number of nitrogens with one attached hydrogen (secondary N) is 1. The van der Waals surface area contributed by atoms with Crippen LogP contribution in [0.2, 0.25) is 0 Å². The first-order valence-electron chi connectivity index (χ1n) is 6.64. The molecule has 0 radical (unpaired) electrons. The fraction of sp³-hybridized carbons (Fsp3) is 0.545. The van der Waals surface area contributed by atoms with Crippen molar-refractivity contribution in [3.63, 3.8) is 0 Å². The number of thiazole rings is 1. The maximum absolute atomic E-state index is 11.4. The lowest BCUT2D eigenvalue weighted by atomic mass is 10.3. The van der Waals surface area contributed by atoms with Gasteiger partial charge in [-0.3, -0.25) is 10.2 Å². The predicted octanol–water partition coefficient (Wildman–Crippen LogP) is 1.14. The van der Waals surface area contributed by atoms with Crippen molar-refractivity contribution in [2.75, 3.05) is 0 Å². The Hall–Kier alpha value is -1.52. The second-order valence-electron chi connectivity index (χ2n) is 4.75. The van der Waals surface area contributed by atoms with Crippen molar-refractivity contribution in [2.45, 2.75) is 42.6 Å². The van der Waals surface area contributed by atoms with Gasteiger partial charge in [-0.2, -0.15) is 0 Å². The van der Waals surface area contributed by atoms with Crippen molar-refractivity contribution >= 4 is 29.0 Å². The average Bonchev–Trinajstić information content (AvgIpc) is 3.22. The van der Waals surface area contributed by atoms with Crippen LogP contribution in [0.1, 0.15) is 47.2 Å². The van der Waals surface area contributed by atoms with E-state index in [-0.39, 0.29) is 5.91 Å². The highest BCUT2D eigenvalue weighted by molar-refractivity contribution is 7.98. The molecule has 1 aliphatic rings. The standard InChI is InChI=1S/C11H15N7OS2/c12-14-9(19)10-13-7(5-20-10)6-21-11-15-16-17-18(11)8-3-1-2-4-8/h5,8H,1-4,6,12H2,(H,14,19). The van der Waals surface area contributed by atoms with Crippen molar-refractivity contribution in [3.8, 4) is 0 Å². The van der Waals surface area contributed by atoms with Gasteiger partial charge in [-0.25, -0.2) is 15.5 Å². The van der Waals surface area contributed by atoms with Crippen LogP contribution >= 0.6 is 23.1 Å². The second-order valence-corrected chi connectivity index (χ2v) is 6.55. The van der Waals surface area contributed by atoms with Crippen molar-refractivity contribution in [1.82, 2.24) is 30.6 Å². The monoisotopic (exact) mass is 325 g/mol. The molecule has 0 saturated heterocycles. The molecule has 8 nitrogen and oxygen atoms in total. The zero-order valence-corrected chi connectivity index (χ0v) is 12.9. The van der Waals surface area contributed by atoms with E-state index >= 15 is 0 Å². The molecule has 0 unspecified atom stereocenters. The summed E-state index contributed by atoms with van der Waals surface area (Å²) in [6, 6.07) is 0.413. The summed E-state index contributed by atoms with van der Waals surface area (Å²) in [5.41, 5.74) is 2.90. The molecule has 1 fully saturated rings.